The minimum atomic E-state index is -0.135. The van der Waals surface area contributed by atoms with Crippen LogP contribution in [0, 0.1) is 0 Å². The molecule has 0 spiro atoms. The molecular weight excluding hydrogens is 362 g/mol. The number of rotatable bonds is 3. The van der Waals surface area contributed by atoms with E-state index >= 15 is 0 Å². The largest absolute Gasteiger partial charge is 0.351 e. The van der Waals surface area contributed by atoms with Gasteiger partial charge in [-0.15, -0.1) is 0 Å². The van der Waals surface area contributed by atoms with Crippen molar-refractivity contribution < 1.29 is 0 Å². The van der Waals surface area contributed by atoms with Gasteiger partial charge in [0.25, 0.3) is 5.56 Å². The van der Waals surface area contributed by atoms with Crippen LogP contribution in [0.1, 0.15) is 25.7 Å². The van der Waals surface area contributed by atoms with Gasteiger partial charge < -0.3 is 11.1 Å². The molecule has 2 heterocycles. The van der Waals surface area contributed by atoms with E-state index in [4.69, 9.17) is 17.3 Å². The molecule has 4 rings (SSSR count). The number of anilines is 1. The molecule has 1 aliphatic carbocycles. The van der Waals surface area contributed by atoms with Crippen molar-refractivity contribution in [3.05, 3.63) is 51.9 Å². The third-order valence-corrected chi connectivity index (χ3v) is 5.55. The molecule has 3 N–H and O–H groups in total. The number of nitrogens with zero attached hydrogens (tertiary/aromatic N) is 3. The van der Waals surface area contributed by atoms with Crippen molar-refractivity contribution in [3.63, 3.8) is 0 Å². The maximum absolute atomic E-state index is 12.9. The van der Waals surface area contributed by atoms with Gasteiger partial charge >= 0.3 is 0 Å². The van der Waals surface area contributed by atoms with Gasteiger partial charge in [-0.3, -0.25) is 9.36 Å². The number of benzene rings is 1. The van der Waals surface area contributed by atoms with Gasteiger partial charge in [0.2, 0.25) is 5.95 Å². The third-order valence-electron chi connectivity index (χ3n) is 5.22. The van der Waals surface area contributed by atoms with Gasteiger partial charge in [-0.1, -0.05) is 29.8 Å². The van der Waals surface area contributed by atoms with E-state index in [1.165, 1.54) is 0 Å². The molecule has 1 aliphatic rings. The predicted octanol–water partition coefficient (Wildman–Crippen LogP) is 3.33. The zero-order valence-corrected chi connectivity index (χ0v) is 15.9. The molecule has 6 nitrogen and oxygen atoms in total. The minimum absolute atomic E-state index is 0.135. The number of nitrogens with two attached hydrogens (primary N) is 1. The van der Waals surface area contributed by atoms with Crippen molar-refractivity contribution >= 4 is 28.6 Å². The molecule has 0 bridgehead atoms. The highest BCUT2D eigenvalue weighted by molar-refractivity contribution is 6.33. The number of hydrogen-bond donors (Lipinski definition) is 2. The third kappa shape index (κ3) is 3.55. The van der Waals surface area contributed by atoms with Gasteiger partial charge in [0, 0.05) is 46.9 Å². The van der Waals surface area contributed by atoms with Gasteiger partial charge in [-0.2, -0.15) is 4.98 Å². The van der Waals surface area contributed by atoms with Crippen LogP contribution in [0.2, 0.25) is 5.02 Å². The first-order valence-electron chi connectivity index (χ1n) is 9.16. The van der Waals surface area contributed by atoms with Crippen LogP contribution in [0.5, 0.6) is 0 Å². The second-order valence-corrected chi connectivity index (χ2v) is 7.54. The quantitative estimate of drug-likeness (QED) is 0.724. The number of fused-ring (bicyclic) bond motifs is 1. The Morgan fingerprint density at radius 2 is 1.93 bits per heavy atom. The van der Waals surface area contributed by atoms with Crippen molar-refractivity contribution in [1.82, 2.24) is 14.5 Å². The summed E-state index contributed by atoms with van der Waals surface area (Å²) in [6, 6.07) is 9.75. The SMILES string of the molecule is Cn1c(=O)c(-c2ccccc2Cl)cc2cnc(N[C@H]3CC[C@H](N)CC3)nc21. The second kappa shape index (κ2) is 7.29. The number of aromatic nitrogens is 3. The Morgan fingerprint density at radius 1 is 1.19 bits per heavy atom. The Morgan fingerprint density at radius 3 is 2.67 bits per heavy atom. The zero-order valence-electron chi connectivity index (χ0n) is 15.2. The average molecular weight is 384 g/mol. The van der Waals surface area contributed by atoms with E-state index in [1.807, 2.05) is 24.3 Å². The Balaban J connectivity index is 1.71. The van der Waals surface area contributed by atoms with Crippen LogP contribution < -0.4 is 16.6 Å². The number of nitrogens with one attached hydrogen (secondary N) is 1. The lowest BCUT2D eigenvalue weighted by atomic mass is 9.92. The topological polar surface area (TPSA) is 85.8 Å². The van der Waals surface area contributed by atoms with Crippen LogP contribution in [0.4, 0.5) is 5.95 Å². The fraction of sp³-hybridized carbons (Fsp3) is 0.350. The number of pyridine rings is 1. The lowest BCUT2D eigenvalue weighted by Gasteiger charge is -2.26. The summed E-state index contributed by atoms with van der Waals surface area (Å²) in [6.07, 6.45) is 5.77. The van der Waals surface area contributed by atoms with Crippen LogP contribution in [0.15, 0.2) is 41.3 Å². The monoisotopic (exact) mass is 383 g/mol. The molecule has 0 aliphatic heterocycles. The summed E-state index contributed by atoms with van der Waals surface area (Å²) in [5.74, 6) is 0.545. The molecule has 27 heavy (non-hydrogen) atoms. The van der Waals surface area contributed by atoms with Crippen LogP contribution in [-0.4, -0.2) is 26.6 Å². The summed E-state index contributed by atoms with van der Waals surface area (Å²) in [5, 5.41) is 4.72. The van der Waals surface area contributed by atoms with Crippen molar-refractivity contribution in [2.24, 2.45) is 12.8 Å². The Labute approximate surface area is 162 Å². The Hall–Kier alpha value is -2.44. The van der Waals surface area contributed by atoms with E-state index in [1.54, 1.807) is 23.9 Å². The van der Waals surface area contributed by atoms with E-state index in [0.717, 1.165) is 31.1 Å². The molecule has 1 saturated carbocycles. The molecule has 1 aromatic carbocycles. The van der Waals surface area contributed by atoms with Crippen LogP contribution in [0.25, 0.3) is 22.2 Å². The maximum atomic E-state index is 12.9. The fourth-order valence-electron chi connectivity index (χ4n) is 3.63. The molecule has 0 radical (unpaired) electrons. The van der Waals surface area contributed by atoms with Crippen LogP contribution >= 0.6 is 11.6 Å². The highest BCUT2D eigenvalue weighted by atomic mass is 35.5. The lowest BCUT2D eigenvalue weighted by molar-refractivity contribution is 0.410. The van der Waals surface area contributed by atoms with Crippen molar-refractivity contribution in [1.29, 1.82) is 0 Å². The van der Waals surface area contributed by atoms with E-state index < -0.39 is 0 Å². The van der Waals surface area contributed by atoms with Gasteiger partial charge in [-0.05, 0) is 37.8 Å². The first-order chi connectivity index (χ1) is 13.0. The predicted molar refractivity (Wildman–Crippen MR) is 109 cm³/mol. The van der Waals surface area contributed by atoms with Crippen molar-refractivity contribution in [2.45, 2.75) is 37.8 Å². The molecule has 0 saturated heterocycles. The lowest BCUT2D eigenvalue weighted by Crippen LogP contribution is -2.33. The summed E-state index contributed by atoms with van der Waals surface area (Å²) in [6.45, 7) is 0. The fourth-order valence-corrected chi connectivity index (χ4v) is 3.87. The van der Waals surface area contributed by atoms with E-state index in [9.17, 15) is 4.79 Å². The zero-order chi connectivity index (χ0) is 19.0. The highest BCUT2D eigenvalue weighted by Gasteiger charge is 2.19. The van der Waals surface area contributed by atoms with Gasteiger partial charge in [0.1, 0.15) is 5.65 Å². The molecule has 1 fully saturated rings. The normalized spacial score (nSPS) is 20.0. The van der Waals surface area contributed by atoms with E-state index in [-0.39, 0.29) is 5.56 Å². The maximum Gasteiger partial charge on any atom is 0.259 e. The van der Waals surface area contributed by atoms with Gasteiger partial charge in [-0.25, -0.2) is 4.98 Å². The molecule has 2 aromatic heterocycles. The number of halogens is 1. The van der Waals surface area contributed by atoms with E-state index in [0.29, 0.717) is 39.8 Å². The van der Waals surface area contributed by atoms with E-state index in [2.05, 4.69) is 15.3 Å². The highest BCUT2D eigenvalue weighted by Crippen LogP contribution is 2.27. The Bertz CT molecular complexity index is 1040. The molecule has 7 heteroatoms. The molecule has 0 atom stereocenters. The van der Waals surface area contributed by atoms with Gasteiger partial charge in [0.15, 0.2) is 0 Å². The number of aryl methyl sites for hydroxylation is 1. The summed E-state index contributed by atoms with van der Waals surface area (Å²) >= 11 is 6.28. The first-order valence-corrected chi connectivity index (χ1v) is 9.54. The molecule has 0 unspecified atom stereocenters. The van der Waals surface area contributed by atoms with Gasteiger partial charge in [0.05, 0.1) is 0 Å². The number of hydrogen-bond acceptors (Lipinski definition) is 5. The summed E-state index contributed by atoms with van der Waals surface area (Å²) in [7, 11) is 1.72. The first kappa shape index (κ1) is 17.9. The summed E-state index contributed by atoms with van der Waals surface area (Å²) in [5.41, 5.74) is 7.68. The van der Waals surface area contributed by atoms with Crippen molar-refractivity contribution in [3.8, 4) is 11.1 Å². The van der Waals surface area contributed by atoms with Crippen molar-refractivity contribution in [2.75, 3.05) is 5.32 Å². The minimum Gasteiger partial charge on any atom is -0.351 e. The average Bonchev–Trinajstić information content (AvgIpc) is 2.67. The van der Waals surface area contributed by atoms with Crippen LogP contribution in [0.3, 0.4) is 0 Å². The summed E-state index contributed by atoms with van der Waals surface area (Å²) in [4.78, 5) is 21.9. The smallest absolute Gasteiger partial charge is 0.259 e. The Kier molecular flexibility index (Phi) is 4.85. The molecular formula is C20H22ClN5O. The van der Waals surface area contributed by atoms with Crippen LogP contribution in [-0.2, 0) is 7.05 Å². The summed E-state index contributed by atoms with van der Waals surface area (Å²) < 4.78 is 1.55. The molecule has 3 aromatic rings. The molecule has 0 amide bonds. The molecule has 140 valence electrons. The second-order valence-electron chi connectivity index (χ2n) is 7.13. The standard InChI is InChI=1S/C20H22ClN5O/c1-26-18-12(10-16(19(26)27)15-4-2-3-5-17(15)21)11-23-20(25-18)24-14-8-6-13(22)7-9-14/h2-5,10-11,13-14H,6-9,22H2,1H3,(H,23,24,25)/t13-,14-.